The van der Waals surface area contributed by atoms with Gasteiger partial charge in [-0.05, 0) is 25.3 Å². The molecule has 1 fully saturated rings. The second-order valence-corrected chi connectivity index (χ2v) is 2.63. The summed E-state index contributed by atoms with van der Waals surface area (Å²) in [6, 6.07) is 0. The Labute approximate surface area is 55.4 Å². The van der Waals surface area contributed by atoms with Crippen molar-refractivity contribution in [2.45, 2.75) is 12.8 Å². The normalized spacial score (nSPS) is 24.7. The van der Waals surface area contributed by atoms with Crippen LogP contribution in [-0.2, 0) is 0 Å². The summed E-state index contributed by atoms with van der Waals surface area (Å²) in [7, 11) is 0. The van der Waals surface area contributed by atoms with Gasteiger partial charge in [0.15, 0.2) is 0 Å². The Morgan fingerprint density at radius 3 is 2.44 bits per heavy atom. The Morgan fingerprint density at radius 2 is 2.00 bits per heavy atom. The lowest BCUT2D eigenvalue weighted by atomic mass is 9.98. The van der Waals surface area contributed by atoms with Crippen LogP contribution in [0.5, 0.6) is 0 Å². The minimum Gasteiger partial charge on any atom is -0.330 e. The number of rotatable bonds is 1. The van der Waals surface area contributed by atoms with Crippen LogP contribution in [0.2, 0.25) is 0 Å². The molecule has 1 aliphatic rings. The Balaban J connectivity index is 2.18. The molecule has 3 nitrogen and oxygen atoms in total. The van der Waals surface area contributed by atoms with E-state index >= 15 is 0 Å². The number of hydrogen-bond acceptors (Lipinski definition) is 3. The first-order valence-corrected chi connectivity index (χ1v) is 3.47. The summed E-state index contributed by atoms with van der Waals surface area (Å²) < 4.78 is 0. The zero-order valence-electron chi connectivity index (χ0n) is 5.58. The van der Waals surface area contributed by atoms with Gasteiger partial charge >= 0.3 is 0 Å². The van der Waals surface area contributed by atoms with Gasteiger partial charge in [0.25, 0.3) is 0 Å². The van der Waals surface area contributed by atoms with Crippen molar-refractivity contribution in [3.63, 3.8) is 0 Å². The predicted octanol–water partition coefficient (Wildman–Crippen LogP) is 0.0463. The quantitative estimate of drug-likeness (QED) is 0.527. The fourth-order valence-electron chi connectivity index (χ4n) is 1.16. The molecule has 0 atom stereocenters. The molecular weight excluding hydrogens is 116 g/mol. The zero-order chi connectivity index (χ0) is 6.69. The van der Waals surface area contributed by atoms with Crippen LogP contribution in [-0.4, -0.2) is 29.9 Å². The van der Waals surface area contributed by atoms with Crippen LogP contribution >= 0.6 is 0 Å². The average molecular weight is 130 g/mol. The molecule has 0 aromatic rings. The summed E-state index contributed by atoms with van der Waals surface area (Å²) >= 11 is 0. The highest BCUT2D eigenvalue weighted by Crippen LogP contribution is 2.13. The lowest BCUT2D eigenvalue weighted by molar-refractivity contribution is -0.111. The van der Waals surface area contributed by atoms with Crippen molar-refractivity contribution in [1.29, 1.82) is 0 Å². The van der Waals surface area contributed by atoms with Crippen molar-refractivity contribution in [3.05, 3.63) is 0 Å². The topological polar surface area (TPSA) is 49.5 Å². The van der Waals surface area contributed by atoms with Crippen molar-refractivity contribution >= 4 is 0 Å². The molecule has 9 heavy (non-hydrogen) atoms. The van der Waals surface area contributed by atoms with E-state index in [0.717, 1.165) is 32.5 Å². The SMILES string of the molecule is NCC1CCN(O)CC1. The molecule has 0 amide bonds. The maximum absolute atomic E-state index is 8.91. The van der Waals surface area contributed by atoms with Crippen LogP contribution < -0.4 is 5.73 Å². The average Bonchev–Trinajstić information content (AvgIpc) is 1.90. The smallest absolute Gasteiger partial charge is 0.0241 e. The second kappa shape index (κ2) is 3.15. The van der Waals surface area contributed by atoms with E-state index in [1.165, 1.54) is 5.06 Å². The molecule has 1 aliphatic heterocycles. The first-order chi connectivity index (χ1) is 4.33. The third-order valence-electron chi connectivity index (χ3n) is 1.92. The van der Waals surface area contributed by atoms with Crippen LogP contribution in [0.15, 0.2) is 0 Å². The van der Waals surface area contributed by atoms with Crippen LogP contribution in [0.3, 0.4) is 0 Å². The molecule has 0 aromatic heterocycles. The van der Waals surface area contributed by atoms with E-state index in [-0.39, 0.29) is 0 Å². The summed E-state index contributed by atoms with van der Waals surface area (Å²) in [5.41, 5.74) is 5.45. The first-order valence-electron chi connectivity index (χ1n) is 3.47. The molecule has 0 unspecified atom stereocenters. The van der Waals surface area contributed by atoms with E-state index in [4.69, 9.17) is 10.9 Å². The van der Waals surface area contributed by atoms with Gasteiger partial charge in [-0.2, -0.15) is 5.06 Å². The second-order valence-electron chi connectivity index (χ2n) is 2.63. The Morgan fingerprint density at radius 1 is 1.44 bits per heavy atom. The zero-order valence-corrected chi connectivity index (χ0v) is 5.58. The van der Waals surface area contributed by atoms with Gasteiger partial charge in [-0.25, -0.2) is 0 Å². The minimum atomic E-state index is 0.647. The molecule has 3 N–H and O–H groups in total. The van der Waals surface area contributed by atoms with Crippen molar-refractivity contribution in [2.75, 3.05) is 19.6 Å². The summed E-state index contributed by atoms with van der Waals surface area (Å²) in [5.74, 6) is 0.647. The molecule has 1 heterocycles. The molecular formula is C6H14N2O. The van der Waals surface area contributed by atoms with Gasteiger partial charge in [0.1, 0.15) is 0 Å². The molecule has 54 valence electrons. The highest BCUT2D eigenvalue weighted by Gasteiger charge is 2.15. The number of nitrogens with two attached hydrogens (primary N) is 1. The molecule has 0 saturated carbocycles. The fourth-order valence-corrected chi connectivity index (χ4v) is 1.16. The van der Waals surface area contributed by atoms with Crippen LogP contribution in [0.1, 0.15) is 12.8 Å². The van der Waals surface area contributed by atoms with Gasteiger partial charge in [-0.3, -0.25) is 0 Å². The van der Waals surface area contributed by atoms with Crippen LogP contribution in [0, 0.1) is 5.92 Å². The highest BCUT2D eigenvalue weighted by atomic mass is 16.5. The van der Waals surface area contributed by atoms with E-state index in [2.05, 4.69) is 0 Å². The van der Waals surface area contributed by atoms with E-state index in [1.807, 2.05) is 0 Å². The maximum Gasteiger partial charge on any atom is 0.0241 e. The monoisotopic (exact) mass is 130 g/mol. The molecule has 0 spiro atoms. The summed E-state index contributed by atoms with van der Waals surface area (Å²) in [4.78, 5) is 0. The lowest BCUT2D eigenvalue weighted by Crippen LogP contribution is -2.33. The Bertz CT molecular complexity index is 79.1. The van der Waals surface area contributed by atoms with Gasteiger partial charge in [-0.1, -0.05) is 0 Å². The fraction of sp³-hybridized carbons (Fsp3) is 1.00. The van der Waals surface area contributed by atoms with E-state index < -0.39 is 0 Å². The molecule has 1 saturated heterocycles. The summed E-state index contributed by atoms with van der Waals surface area (Å²) in [5, 5.41) is 10.3. The number of nitrogens with zero attached hydrogens (tertiary/aromatic N) is 1. The largest absolute Gasteiger partial charge is 0.330 e. The van der Waals surface area contributed by atoms with Crippen molar-refractivity contribution in [1.82, 2.24) is 5.06 Å². The third-order valence-corrected chi connectivity index (χ3v) is 1.92. The summed E-state index contributed by atoms with van der Waals surface area (Å²) in [6.45, 7) is 2.36. The molecule has 0 aromatic carbocycles. The van der Waals surface area contributed by atoms with Gasteiger partial charge < -0.3 is 10.9 Å². The van der Waals surface area contributed by atoms with E-state index in [9.17, 15) is 0 Å². The molecule has 1 rings (SSSR count). The Hall–Kier alpha value is -0.120. The predicted molar refractivity (Wildman–Crippen MR) is 35.1 cm³/mol. The van der Waals surface area contributed by atoms with Crippen LogP contribution in [0.4, 0.5) is 0 Å². The van der Waals surface area contributed by atoms with E-state index in [0.29, 0.717) is 5.92 Å². The van der Waals surface area contributed by atoms with Gasteiger partial charge in [0, 0.05) is 13.1 Å². The van der Waals surface area contributed by atoms with Crippen molar-refractivity contribution in [2.24, 2.45) is 11.7 Å². The number of hydroxylamine groups is 2. The Kier molecular flexibility index (Phi) is 2.45. The third kappa shape index (κ3) is 1.93. The molecule has 0 aliphatic carbocycles. The number of piperidine rings is 1. The molecule has 0 bridgehead atoms. The van der Waals surface area contributed by atoms with Gasteiger partial charge in [-0.15, -0.1) is 0 Å². The standard InChI is InChI=1S/C6H14N2O/c7-5-6-1-3-8(9)4-2-6/h6,9H,1-5,7H2. The first kappa shape index (κ1) is 6.99. The van der Waals surface area contributed by atoms with Crippen LogP contribution in [0.25, 0.3) is 0 Å². The van der Waals surface area contributed by atoms with Crippen molar-refractivity contribution < 1.29 is 5.21 Å². The van der Waals surface area contributed by atoms with Crippen molar-refractivity contribution in [3.8, 4) is 0 Å². The maximum atomic E-state index is 8.91. The van der Waals surface area contributed by atoms with E-state index in [1.54, 1.807) is 0 Å². The number of hydrogen-bond donors (Lipinski definition) is 2. The minimum absolute atomic E-state index is 0.647. The summed E-state index contributed by atoms with van der Waals surface area (Å²) in [6.07, 6.45) is 2.10. The van der Waals surface area contributed by atoms with Gasteiger partial charge in [0.05, 0.1) is 0 Å². The van der Waals surface area contributed by atoms with Gasteiger partial charge in [0.2, 0.25) is 0 Å². The lowest BCUT2D eigenvalue weighted by Gasteiger charge is -2.25. The highest BCUT2D eigenvalue weighted by molar-refractivity contribution is 4.67. The molecule has 3 heteroatoms. The molecule has 0 radical (unpaired) electrons.